The maximum atomic E-state index is 14.1. The van der Waals surface area contributed by atoms with Crippen molar-refractivity contribution < 1.29 is 14.0 Å². The van der Waals surface area contributed by atoms with Crippen LogP contribution in [0.15, 0.2) is 54.6 Å². The molecular weight excluding hydrogens is 307 g/mol. The lowest BCUT2D eigenvalue weighted by molar-refractivity contribution is -0.122. The van der Waals surface area contributed by atoms with E-state index in [1.807, 2.05) is 30.3 Å². The van der Waals surface area contributed by atoms with E-state index in [-0.39, 0.29) is 30.6 Å². The summed E-state index contributed by atoms with van der Waals surface area (Å²) >= 11 is 0. The van der Waals surface area contributed by atoms with E-state index in [9.17, 15) is 14.0 Å². The molecule has 0 aliphatic carbocycles. The number of halogens is 1. The van der Waals surface area contributed by atoms with Crippen molar-refractivity contribution in [1.29, 1.82) is 0 Å². The molecule has 5 heteroatoms. The number of nitrogens with one attached hydrogen (secondary N) is 2. The van der Waals surface area contributed by atoms with Crippen LogP contribution in [0.25, 0.3) is 0 Å². The number of hydrogen-bond acceptors (Lipinski definition) is 2. The molecule has 0 saturated carbocycles. The van der Waals surface area contributed by atoms with Gasteiger partial charge in [0.15, 0.2) is 0 Å². The molecule has 0 aliphatic heterocycles. The number of rotatable bonds is 7. The highest BCUT2D eigenvalue weighted by molar-refractivity contribution is 5.78. The summed E-state index contributed by atoms with van der Waals surface area (Å²) in [4.78, 5) is 23.0. The van der Waals surface area contributed by atoms with Gasteiger partial charge in [0.2, 0.25) is 11.8 Å². The summed E-state index contributed by atoms with van der Waals surface area (Å²) < 4.78 is 14.1. The molecule has 4 nitrogen and oxygen atoms in total. The molecule has 1 atom stereocenters. The van der Waals surface area contributed by atoms with Crippen molar-refractivity contribution in [1.82, 2.24) is 10.6 Å². The first-order valence-corrected chi connectivity index (χ1v) is 7.88. The summed E-state index contributed by atoms with van der Waals surface area (Å²) in [5, 5.41) is 5.44. The summed E-state index contributed by atoms with van der Waals surface area (Å²) in [7, 11) is 0. The topological polar surface area (TPSA) is 58.2 Å². The van der Waals surface area contributed by atoms with Gasteiger partial charge in [0.1, 0.15) is 5.82 Å². The molecule has 24 heavy (non-hydrogen) atoms. The normalized spacial score (nSPS) is 11.6. The smallest absolute Gasteiger partial charge is 0.222 e. The largest absolute Gasteiger partial charge is 0.356 e. The highest BCUT2D eigenvalue weighted by atomic mass is 19.1. The third-order valence-corrected chi connectivity index (χ3v) is 3.62. The zero-order valence-electron chi connectivity index (χ0n) is 13.6. The average Bonchev–Trinajstić information content (AvgIpc) is 2.55. The minimum Gasteiger partial charge on any atom is -0.356 e. The van der Waals surface area contributed by atoms with E-state index >= 15 is 0 Å². The van der Waals surface area contributed by atoms with Gasteiger partial charge in [-0.1, -0.05) is 48.5 Å². The Hall–Kier alpha value is -2.69. The molecule has 0 aliphatic rings. The maximum absolute atomic E-state index is 14.1. The third kappa shape index (κ3) is 5.50. The van der Waals surface area contributed by atoms with E-state index in [0.29, 0.717) is 12.0 Å². The highest BCUT2D eigenvalue weighted by Crippen LogP contribution is 2.21. The Morgan fingerprint density at radius 3 is 2.38 bits per heavy atom. The molecule has 2 N–H and O–H groups in total. The Bertz CT molecular complexity index is 689. The first-order chi connectivity index (χ1) is 11.6. The van der Waals surface area contributed by atoms with Gasteiger partial charge < -0.3 is 10.6 Å². The number of carbonyl (C=O) groups excluding carboxylic acids is 2. The van der Waals surface area contributed by atoms with Crippen LogP contribution in [0.3, 0.4) is 0 Å². The second kappa shape index (κ2) is 8.82. The van der Waals surface area contributed by atoms with Crippen molar-refractivity contribution in [2.75, 3.05) is 6.54 Å². The average molecular weight is 328 g/mol. The van der Waals surface area contributed by atoms with Crippen molar-refractivity contribution in [3.63, 3.8) is 0 Å². The van der Waals surface area contributed by atoms with Crippen LogP contribution in [0, 0.1) is 5.82 Å². The predicted octanol–water partition coefficient (Wildman–Crippen LogP) is 2.75. The molecule has 0 aromatic heterocycles. The van der Waals surface area contributed by atoms with Gasteiger partial charge in [-0.15, -0.1) is 0 Å². The summed E-state index contributed by atoms with van der Waals surface area (Å²) in [5.74, 6) is -0.758. The van der Waals surface area contributed by atoms with Crippen molar-refractivity contribution in [2.45, 2.75) is 25.8 Å². The van der Waals surface area contributed by atoms with Gasteiger partial charge in [0.25, 0.3) is 0 Å². The lowest BCUT2D eigenvalue weighted by atomic mass is 9.98. The molecule has 2 rings (SSSR count). The SMILES string of the molecule is CC(=O)NCCC(=O)NC(Cc1ccccc1)c1ccccc1F. The Morgan fingerprint density at radius 2 is 1.71 bits per heavy atom. The second-order valence-corrected chi connectivity index (χ2v) is 5.56. The number of benzene rings is 2. The lowest BCUT2D eigenvalue weighted by Gasteiger charge is -2.20. The van der Waals surface area contributed by atoms with E-state index in [4.69, 9.17) is 0 Å². The summed E-state index contributed by atoms with van der Waals surface area (Å²) in [6, 6.07) is 15.6. The Labute approximate surface area is 141 Å². The highest BCUT2D eigenvalue weighted by Gasteiger charge is 2.18. The Kier molecular flexibility index (Phi) is 6.49. The van der Waals surface area contributed by atoms with Gasteiger partial charge in [-0.25, -0.2) is 4.39 Å². The molecular formula is C19H21FN2O2. The first-order valence-electron chi connectivity index (χ1n) is 7.88. The molecule has 1 unspecified atom stereocenters. The zero-order valence-corrected chi connectivity index (χ0v) is 13.6. The van der Waals surface area contributed by atoms with Gasteiger partial charge >= 0.3 is 0 Å². The van der Waals surface area contributed by atoms with E-state index in [1.54, 1.807) is 18.2 Å². The maximum Gasteiger partial charge on any atom is 0.222 e. The monoisotopic (exact) mass is 328 g/mol. The van der Waals surface area contributed by atoms with Crippen molar-refractivity contribution in [3.05, 3.63) is 71.5 Å². The summed E-state index contributed by atoms with van der Waals surface area (Å²) in [5.41, 5.74) is 1.46. The number of hydrogen-bond donors (Lipinski definition) is 2. The standard InChI is InChI=1S/C19H21FN2O2/c1-14(23)21-12-11-19(24)22-18(13-15-7-3-2-4-8-15)16-9-5-6-10-17(16)20/h2-10,18H,11-13H2,1H3,(H,21,23)(H,22,24). The third-order valence-electron chi connectivity index (χ3n) is 3.62. The van der Waals surface area contributed by atoms with Crippen LogP contribution in [-0.4, -0.2) is 18.4 Å². The molecule has 0 radical (unpaired) electrons. The van der Waals surface area contributed by atoms with Crippen molar-refractivity contribution in [2.24, 2.45) is 0 Å². The van der Waals surface area contributed by atoms with Gasteiger partial charge in [-0.2, -0.15) is 0 Å². The van der Waals surface area contributed by atoms with Gasteiger partial charge in [-0.05, 0) is 18.1 Å². The van der Waals surface area contributed by atoms with Crippen molar-refractivity contribution >= 4 is 11.8 Å². The molecule has 0 bridgehead atoms. The van der Waals surface area contributed by atoms with Crippen LogP contribution in [-0.2, 0) is 16.0 Å². The minimum absolute atomic E-state index is 0.152. The van der Waals surface area contributed by atoms with Gasteiger partial charge in [0, 0.05) is 25.5 Å². The van der Waals surface area contributed by atoms with Gasteiger partial charge in [-0.3, -0.25) is 9.59 Å². The predicted molar refractivity (Wildman–Crippen MR) is 90.7 cm³/mol. The summed E-state index contributed by atoms with van der Waals surface area (Å²) in [6.45, 7) is 1.66. The van der Waals surface area contributed by atoms with Crippen LogP contribution < -0.4 is 10.6 Å². The fourth-order valence-corrected chi connectivity index (χ4v) is 2.46. The first kappa shape index (κ1) is 17.7. The molecule has 0 heterocycles. The molecule has 0 spiro atoms. The van der Waals surface area contributed by atoms with Crippen LogP contribution in [0.4, 0.5) is 4.39 Å². The Morgan fingerprint density at radius 1 is 1.04 bits per heavy atom. The van der Waals surface area contributed by atoms with Crippen LogP contribution in [0.5, 0.6) is 0 Å². The molecule has 2 amide bonds. The Balaban J connectivity index is 2.09. The fourth-order valence-electron chi connectivity index (χ4n) is 2.46. The number of amides is 2. The molecule has 126 valence electrons. The lowest BCUT2D eigenvalue weighted by Crippen LogP contribution is -2.33. The van der Waals surface area contributed by atoms with E-state index in [0.717, 1.165) is 5.56 Å². The van der Waals surface area contributed by atoms with E-state index < -0.39 is 6.04 Å². The van der Waals surface area contributed by atoms with Gasteiger partial charge in [0.05, 0.1) is 6.04 Å². The molecule has 0 saturated heterocycles. The van der Waals surface area contributed by atoms with E-state index in [2.05, 4.69) is 10.6 Å². The van der Waals surface area contributed by atoms with E-state index in [1.165, 1.54) is 13.0 Å². The van der Waals surface area contributed by atoms with Crippen LogP contribution >= 0.6 is 0 Å². The molecule has 0 fully saturated rings. The second-order valence-electron chi connectivity index (χ2n) is 5.56. The molecule has 2 aromatic rings. The van der Waals surface area contributed by atoms with Crippen LogP contribution in [0.2, 0.25) is 0 Å². The zero-order chi connectivity index (χ0) is 17.4. The van der Waals surface area contributed by atoms with Crippen LogP contribution in [0.1, 0.15) is 30.5 Å². The molecule has 2 aromatic carbocycles. The van der Waals surface area contributed by atoms with Crippen molar-refractivity contribution in [3.8, 4) is 0 Å². The fraction of sp³-hybridized carbons (Fsp3) is 0.263. The minimum atomic E-state index is -0.460. The quantitative estimate of drug-likeness (QED) is 0.821. The summed E-state index contributed by atoms with van der Waals surface area (Å²) in [6.07, 6.45) is 0.646. The number of carbonyl (C=O) groups is 2.